The summed E-state index contributed by atoms with van der Waals surface area (Å²) >= 11 is 17.8. The molecule has 12 heteroatoms. The fraction of sp³-hybridized carbons (Fsp3) is 0.714. The summed E-state index contributed by atoms with van der Waals surface area (Å²) < 4.78 is 0.0163. The van der Waals surface area contributed by atoms with Gasteiger partial charge in [-0.2, -0.15) is 0 Å². The van der Waals surface area contributed by atoms with Gasteiger partial charge in [0.1, 0.15) is 9.91 Å². The average molecular weight is 553 g/mol. The largest absolute Gasteiger partial charge is 1.00 e. The first-order valence-corrected chi connectivity index (χ1v) is 12.6. The molecule has 7 nitrogen and oxygen atoms in total. The summed E-state index contributed by atoms with van der Waals surface area (Å²) in [7, 11) is 0. The fourth-order valence-electron chi connectivity index (χ4n) is 3.57. The van der Waals surface area contributed by atoms with Crippen molar-refractivity contribution in [2.45, 2.75) is 79.8 Å². The van der Waals surface area contributed by atoms with E-state index in [1.807, 2.05) is 41.5 Å². The van der Waals surface area contributed by atoms with Crippen molar-refractivity contribution in [1.29, 1.82) is 0 Å². The number of hydrogen-bond donors (Lipinski definition) is 1. The molecule has 33 heavy (non-hydrogen) atoms. The number of nitrogens with one attached hydrogen (secondary N) is 1. The molecule has 3 amide bonds. The standard InChI is InChI=1S/C11H18N2O3.C10H16Cl3NOS.Na/c1-4-6-7(3)11(5-2)8(14)12-10(16)13-9(11)15;1-6(2)14(7(3)4)10(15)16-5-8(11)9(12)13;/h7H,4-6H2,1-3H3,(H2,12,13,14,15,16);6-7H,5H2,1-4H3;/q;;+1/p-1. The summed E-state index contributed by atoms with van der Waals surface area (Å²) in [5.41, 5.74) is -1.15. The third-order valence-corrected chi connectivity index (χ3v) is 7.20. The van der Waals surface area contributed by atoms with Crippen LogP contribution in [0, 0.1) is 11.3 Å². The number of amides is 3. The van der Waals surface area contributed by atoms with Crippen LogP contribution >= 0.6 is 46.6 Å². The Labute approximate surface area is 238 Å². The number of carbonyl (C=O) groups is 3. The van der Waals surface area contributed by atoms with Crippen LogP contribution in [0.3, 0.4) is 0 Å². The first-order chi connectivity index (χ1) is 14.8. The van der Waals surface area contributed by atoms with Crippen molar-refractivity contribution in [3.8, 4) is 0 Å². The SMILES string of the molecule is CC(C)N(C(=O)SCC(Cl)=C(Cl)Cl)C(C)C.CCCC(C)C1(CC)C(=O)N=C([O-])NC1=O.[Na+]. The van der Waals surface area contributed by atoms with Crippen molar-refractivity contribution in [3.05, 3.63) is 9.52 Å². The first-order valence-electron chi connectivity index (χ1n) is 10.5. The minimum Gasteiger partial charge on any atom is -0.846 e. The normalized spacial score (nSPS) is 18.5. The van der Waals surface area contributed by atoms with E-state index in [9.17, 15) is 19.5 Å². The third kappa shape index (κ3) is 10.3. The van der Waals surface area contributed by atoms with Crippen LogP contribution in [0.25, 0.3) is 0 Å². The fourth-order valence-corrected chi connectivity index (χ4v) is 4.99. The number of aliphatic imine (C=N–C) groups is 1. The van der Waals surface area contributed by atoms with E-state index in [0.717, 1.165) is 24.6 Å². The molecular formula is C21H33Cl3N3NaO4S. The Kier molecular flexibility index (Phi) is 17.8. The minimum absolute atomic E-state index is 0. The molecule has 0 aromatic rings. The predicted octanol–water partition coefficient (Wildman–Crippen LogP) is 2.04. The molecule has 0 fully saturated rings. The molecule has 0 bridgehead atoms. The van der Waals surface area contributed by atoms with Gasteiger partial charge < -0.3 is 15.3 Å². The Bertz CT molecular complexity index is 738. The number of hydrogen-bond acceptors (Lipinski definition) is 5. The van der Waals surface area contributed by atoms with Gasteiger partial charge in [-0.05, 0) is 46.5 Å². The number of amidine groups is 1. The van der Waals surface area contributed by atoms with Gasteiger partial charge in [0.25, 0.3) is 11.1 Å². The van der Waals surface area contributed by atoms with E-state index >= 15 is 0 Å². The summed E-state index contributed by atoms with van der Waals surface area (Å²) in [4.78, 5) is 40.7. The smallest absolute Gasteiger partial charge is 0.846 e. The number of halogens is 3. The maximum atomic E-state index is 11.9. The van der Waals surface area contributed by atoms with E-state index in [0.29, 0.717) is 17.2 Å². The Morgan fingerprint density at radius 1 is 1.12 bits per heavy atom. The minimum atomic E-state index is -1.15. The topological polar surface area (TPSA) is 102 Å². The van der Waals surface area contributed by atoms with Crippen LogP contribution in [-0.2, 0) is 9.59 Å². The Balaban J connectivity index is 0. The van der Waals surface area contributed by atoms with Crippen LogP contribution in [0.4, 0.5) is 4.79 Å². The Morgan fingerprint density at radius 2 is 1.64 bits per heavy atom. The van der Waals surface area contributed by atoms with Gasteiger partial charge in [0.15, 0.2) is 0 Å². The zero-order valence-corrected chi connectivity index (χ0v) is 25.7. The Morgan fingerprint density at radius 3 is 2.00 bits per heavy atom. The first kappa shape index (κ1) is 35.2. The van der Waals surface area contributed by atoms with Crippen LogP contribution in [0.15, 0.2) is 14.5 Å². The molecule has 0 aromatic carbocycles. The van der Waals surface area contributed by atoms with Gasteiger partial charge >= 0.3 is 29.6 Å². The van der Waals surface area contributed by atoms with Gasteiger partial charge in [-0.3, -0.25) is 14.4 Å². The van der Waals surface area contributed by atoms with E-state index in [4.69, 9.17) is 34.8 Å². The van der Waals surface area contributed by atoms with Gasteiger partial charge in [0.05, 0.1) is 11.1 Å². The van der Waals surface area contributed by atoms with Crippen molar-refractivity contribution in [2.75, 3.05) is 5.75 Å². The summed E-state index contributed by atoms with van der Waals surface area (Å²) in [6, 6.07) is -0.522. The number of nitrogens with zero attached hydrogens (tertiary/aromatic N) is 2. The molecule has 1 N–H and O–H groups in total. The van der Waals surface area contributed by atoms with Crippen LogP contribution in [-0.4, -0.2) is 45.8 Å². The van der Waals surface area contributed by atoms with Crippen molar-refractivity contribution in [1.82, 2.24) is 10.2 Å². The zero-order valence-electron chi connectivity index (χ0n) is 20.6. The molecule has 1 aliphatic rings. The summed E-state index contributed by atoms with van der Waals surface area (Å²) in [5.74, 6) is -0.893. The van der Waals surface area contributed by atoms with Crippen molar-refractivity contribution in [3.63, 3.8) is 0 Å². The van der Waals surface area contributed by atoms with Crippen LogP contribution < -0.4 is 40.0 Å². The maximum Gasteiger partial charge on any atom is 1.00 e. The number of thioether (sulfide) groups is 1. The molecule has 1 rings (SSSR count). The van der Waals surface area contributed by atoms with E-state index in [2.05, 4.69) is 10.3 Å². The summed E-state index contributed by atoms with van der Waals surface area (Å²) in [6.45, 7) is 13.5. The molecule has 0 radical (unpaired) electrons. The van der Waals surface area contributed by atoms with E-state index in [1.54, 1.807) is 11.8 Å². The van der Waals surface area contributed by atoms with E-state index in [-0.39, 0.29) is 57.3 Å². The average Bonchev–Trinajstić information content (AvgIpc) is 2.66. The predicted molar refractivity (Wildman–Crippen MR) is 132 cm³/mol. The quantitative estimate of drug-likeness (QED) is 0.367. The maximum absolute atomic E-state index is 11.9. The van der Waals surface area contributed by atoms with Crippen LogP contribution in [0.1, 0.15) is 67.7 Å². The van der Waals surface area contributed by atoms with Crippen LogP contribution in [0.5, 0.6) is 0 Å². The van der Waals surface area contributed by atoms with Crippen molar-refractivity contribution in [2.24, 2.45) is 16.3 Å². The molecular weight excluding hydrogens is 520 g/mol. The van der Waals surface area contributed by atoms with E-state index in [1.165, 1.54) is 0 Å². The van der Waals surface area contributed by atoms with Crippen molar-refractivity contribution >= 4 is 69.6 Å². The zero-order chi connectivity index (χ0) is 25.2. The molecule has 0 saturated heterocycles. The Hall–Kier alpha value is 0.0400. The van der Waals surface area contributed by atoms with E-state index < -0.39 is 23.3 Å². The second-order valence-electron chi connectivity index (χ2n) is 8.01. The van der Waals surface area contributed by atoms with Gasteiger partial charge in [0, 0.05) is 17.8 Å². The van der Waals surface area contributed by atoms with Gasteiger partial charge in [-0.15, -0.1) is 0 Å². The third-order valence-electron chi connectivity index (χ3n) is 5.18. The molecule has 2 unspecified atom stereocenters. The molecule has 1 heterocycles. The van der Waals surface area contributed by atoms with Gasteiger partial charge in [-0.1, -0.05) is 73.8 Å². The van der Waals surface area contributed by atoms with Gasteiger partial charge in [0.2, 0.25) is 5.91 Å². The molecule has 0 saturated carbocycles. The second kappa shape index (κ2) is 16.7. The summed E-state index contributed by atoms with van der Waals surface area (Å²) in [5, 5.41) is 13.4. The molecule has 0 spiro atoms. The number of carbonyl (C=O) groups excluding carboxylic acids is 3. The second-order valence-corrected chi connectivity index (χ2v) is 10.3. The molecule has 1 aliphatic heterocycles. The van der Waals surface area contributed by atoms with Gasteiger partial charge in [-0.25, -0.2) is 4.99 Å². The summed E-state index contributed by atoms with van der Waals surface area (Å²) in [6.07, 6.45) is 2.02. The van der Waals surface area contributed by atoms with Crippen LogP contribution in [0.2, 0.25) is 0 Å². The molecule has 0 aromatic heterocycles. The molecule has 0 aliphatic carbocycles. The molecule has 2 atom stereocenters. The van der Waals surface area contributed by atoms with Crippen molar-refractivity contribution < 1.29 is 49.0 Å². The number of rotatable bonds is 8. The molecule has 184 valence electrons. The monoisotopic (exact) mass is 551 g/mol.